The lowest BCUT2D eigenvalue weighted by Gasteiger charge is -2.22. The number of hydrogen-bond acceptors (Lipinski definition) is 4. The van der Waals surface area contributed by atoms with E-state index < -0.39 is 0 Å². The number of rotatable bonds is 12. The number of benzene rings is 2. The zero-order valence-electron chi connectivity index (χ0n) is 17.6. The molecule has 0 fully saturated rings. The maximum Gasteiger partial charge on any atom is 0.119 e. The summed E-state index contributed by atoms with van der Waals surface area (Å²) in [6.07, 6.45) is 9.21. The van der Waals surface area contributed by atoms with Gasteiger partial charge in [0.05, 0.1) is 10.2 Å². The minimum absolute atomic E-state index is 0.744. The number of fused-ring (bicyclic) bond motifs is 1. The van der Waals surface area contributed by atoms with E-state index in [9.17, 15) is 0 Å². The van der Waals surface area contributed by atoms with Crippen LogP contribution < -0.4 is 4.74 Å². The van der Waals surface area contributed by atoms with Crippen LogP contribution in [0.2, 0.25) is 0 Å². The highest BCUT2D eigenvalue weighted by molar-refractivity contribution is 7.19. The molecule has 1 heterocycles. The second kappa shape index (κ2) is 11.7. The maximum absolute atomic E-state index is 5.98. The first kappa shape index (κ1) is 21.5. The molecule has 0 N–H and O–H groups in total. The smallest absolute Gasteiger partial charge is 0.119 e. The second-order valence-corrected chi connectivity index (χ2v) is 8.38. The van der Waals surface area contributed by atoms with Crippen LogP contribution in [0.25, 0.3) is 22.4 Å². The Morgan fingerprint density at radius 2 is 1.62 bits per heavy atom. The third-order valence-electron chi connectivity index (χ3n) is 4.94. The van der Waals surface area contributed by atoms with Gasteiger partial charge in [0, 0.05) is 6.54 Å². The van der Waals surface area contributed by atoms with Crippen LogP contribution in [0.5, 0.6) is 5.75 Å². The van der Waals surface area contributed by atoms with E-state index in [4.69, 9.17) is 4.74 Å². The summed E-state index contributed by atoms with van der Waals surface area (Å²) in [5, 5.41) is 1.03. The highest BCUT2D eigenvalue weighted by Crippen LogP contribution is 2.23. The predicted molar refractivity (Wildman–Crippen MR) is 127 cm³/mol. The monoisotopic (exact) mass is 408 g/mol. The van der Waals surface area contributed by atoms with Crippen molar-refractivity contribution in [2.45, 2.75) is 39.5 Å². The molecule has 0 aliphatic rings. The van der Waals surface area contributed by atoms with Crippen LogP contribution in [0, 0.1) is 0 Å². The molecule has 0 spiro atoms. The van der Waals surface area contributed by atoms with Crippen LogP contribution in [0.3, 0.4) is 0 Å². The molecule has 3 aromatic rings. The lowest BCUT2D eigenvalue weighted by molar-refractivity contribution is 0.204. The number of unbranched alkanes of at least 4 members (excludes halogenated alkanes) is 2. The third-order valence-corrected chi connectivity index (χ3v) is 5.94. The van der Waals surface area contributed by atoms with Crippen molar-refractivity contribution in [2.75, 3.05) is 26.2 Å². The Morgan fingerprint density at radius 1 is 0.897 bits per heavy atom. The quantitative estimate of drug-likeness (QED) is 0.331. The van der Waals surface area contributed by atoms with Crippen LogP contribution in [0.1, 0.15) is 50.1 Å². The van der Waals surface area contributed by atoms with Gasteiger partial charge in [-0.2, -0.15) is 0 Å². The summed E-state index contributed by atoms with van der Waals surface area (Å²) >= 11 is 1.72. The molecule has 0 aliphatic carbocycles. The lowest BCUT2D eigenvalue weighted by Crippen LogP contribution is -2.30. The van der Waals surface area contributed by atoms with Gasteiger partial charge in [0.2, 0.25) is 0 Å². The molecule has 0 amide bonds. The molecule has 3 rings (SSSR count). The summed E-state index contributed by atoms with van der Waals surface area (Å²) in [4.78, 5) is 7.18. The Labute approximate surface area is 179 Å². The number of ether oxygens (including phenoxy) is 1. The van der Waals surface area contributed by atoms with Gasteiger partial charge in [0.1, 0.15) is 17.4 Å². The van der Waals surface area contributed by atoms with E-state index in [1.165, 1.54) is 43.5 Å². The Kier molecular flexibility index (Phi) is 8.72. The zero-order chi connectivity index (χ0) is 20.3. The summed E-state index contributed by atoms with van der Waals surface area (Å²) in [6.45, 7) is 8.60. The summed E-state index contributed by atoms with van der Waals surface area (Å²) in [5.74, 6) is 0.938. The summed E-state index contributed by atoms with van der Waals surface area (Å²) in [6, 6.07) is 16.6. The van der Waals surface area contributed by atoms with Gasteiger partial charge in [0.25, 0.3) is 0 Å². The van der Waals surface area contributed by atoms with Crippen LogP contribution in [-0.4, -0.2) is 36.1 Å². The molecule has 3 nitrogen and oxygen atoms in total. The van der Waals surface area contributed by atoms with E-state index in [0.29, 0.717) is 0 Å². The van der Waals surface area contributed by atoms with E-state index in [1.54, 1.807) is 11.3 Å². The van der Waals surface area contributed by atoms with Gasteiger partial charge < -0.3 is 4.74 Å². The van der Waals surface area contributed by atoms with Crippen molar-refractivity contribution >= 4 is 33.7 Å². The highest BCUT2D eigenvalue weighted by atomic mass is 32.1. The molecule has 0 radical (unpaired) electrons. The molecule has 0 atom stereocenters. The minimum atomic E-state index is 0.744. The predicted octanol–water partition coefficient (Wildman–Crippen LogP) is 6.75. The molecular weight excluding hydrogens is 376 g/mol. The summed E-state index contributed by atoms with van der Waals surface area (Å²) in [7, 11) is 0. The Hall–Kier alpha value is -2.17. The largest absolute Gasteiger partial charge is 0.492 e. The molecule has 0 bridgehead atoms. The molecule has 0 aliphatic heterocycles. The third kappa shape index (κ3) is 6.98. The highest BCUT2D eigenvalue weighted by Gasteiger charge is 2.04. The number of hydrogen-bond donors (Lipinski definition) is 0. The van der Waals surface area contributed by atoms with Crippen molar-refractivity contribution in [1.29, 1.82) is 0 Å². The fourth-order valence-corrected chi connectivity index (χ4v) is 4.07. The standard InChI is InChI=1S/C25H32N2OS/c1-3-5-17-27(18-6-4-2)19-20-28-22-14-11-21(12-15-22)13-16-25-26-23-9-7-8-10-24(23)29-25/h7-16H,3-6,17-20H2,1-2H3. The van der Waals surface area contributed by atoms with Crippen LogP contribution >= 0.6 is 11.3 Å². The Bertz CT molecular complexity index is 844. The number of para-hydroxylation sites is 1. The molecule has 29 heavy (non-hydrogen) atoms. The summed E-state index contributed by atoms with van der Waals surface area (Å²) in [5.41, 5.74) is 2.22. The number of nitrogens with zero attached hydrogens (tertiary/aromatic N) is 2. The van der Waals surface area contributed by atoms with Gasteiger partial charge in [-0.3, -0.25) is 4.90 Å². The van der Waals surface area contributed by atoms with Crippen molar-refractivity contribution < 1.29 is 4.74 Å². The SMILES string of the molecule is CCCCN(CCCC)CCOc1ccc(C=Cc2nc3ccccc3s2)cc1. The Morgan fingerprint density at radius 3 is 2.31 bits per heavy atom. The topological polar surface area (TPSA) is 25.4 Å². The van der Waals surface area contributed by atoms with E-state index in [-0.39, 0.29) is 0 Å². The average Bonchev–Trinajstić information content (AvgIpc) is 3.17. The Balaban J connectivity index is 1.49. The molecule has 0 unspecified atom stereocenters. The summed E-state index contributed by atoms with van der Waals surface area (Å²) < 4.78 is 7.20. The first-order chi connectivity index (χ1) is 14.3. The van der Waals surface area contributed by atoms with Crippen molar-refractivity contribution in [3.63, 3.8) is 0 Å². The van der Waals surface area contributed by atoms with Crippen LogP contribution in [0.15, 0.2) is 48.5 Å². The van der Waals surface area contributed by atoms with Gasteiger partial charge in [-0.05, 0) is 61.8 Å². The molecular formula is C25H32N2OS. The first-order valence-electron chi connectivity index (χ1n) is 10.8. The van der Waals surface area contributed by atoms with E-state index >= 15 is 0 Å². The number of thiazole rings is 1. The van der Waals surface area contributed by atoms with E-state index in [2.05, 4.69) is 78.3 Å². The van der Waals surface area contributed by atoms with Crippen molar-refractivity contribution in [2.24, 2.45) is 0 Å². The molecule has 0 saturated carbocycles. The van der Waals surface area contributed by atoms with Gasteiger partial charge in [-0.1, -0.05) is 57.0 Å². The van der Waals surface area contributed by atoms with Crippen LogP contribution in [-0.2, 0) is 0 Å². The van der Waals surface area contributed by atoms with Gasteiger partial charge >= 0.3 is 0 Å². The minimum Gasteiger partial charge on any atom is -0.492 e. The van der Waals surface area contributed by atoms with Crippen molar-refractivity contribution in [3.05, 3.63) is 59.1 Å². The molecule has 2 aromatic carbocycles. The first-order valence-corrected chi connectivity index (χ1v) is 11.6. The second-order valence-electron chi connectivity index (χ2n) is 7.32. The number of aromatic nitrogens is 1. The normalized spacial score (nSPS) is 11.7. The fourth-order valence-electron chi connectivity index (χ4n) is 3.20. The molecule has 154 valence electrons. The maximum atomic E-state index is 5.98. The average molecular weight is 409 g/mol. The lowest BCUT2D eigenvalue weighted by atomic mass is 10.2. The van der Waals surface area contributed by atoms with Crippen LogP contribution in [0.4, 0.5) is 0 Å². The fraction of sp³-hybridized carbons (Fsp3) is 0.400. The van der Waals surface area contributed by atoms with E-state index in [1.807, 2.05) is 6.07 Å². The molecule has 4 heteroatoms. The van der Waals surface area contributed by atoms with E-state index in [0.717, 1.165) is 35.0 Å². The zero-order valence-corrected chi connectivity index (χ0v) is 18.5. The van der Waals surface area contributed by atoms with Gasteiger partial charge in [-0.15, -0.1) is 11.3 Å². The molecule has 1 aromatic heterocycles. The van der Waals surface area contributed by atoms with Crippen molar-refractivity contribution in [3.8, 4) is 5.75 Å². The van der Waals surface area contributed by atoms with Gasteiger partial charge in [0.15, 0.2) is 0 Å². The molecule has 0 saturated heterocycles. The van der Waals surface area contributed by atoms with Crippen molar-refractivity contribution in [1.82, 2.24) is 9.88 Å². The van der Waals surface area contributed by atoms with Gasteiger partial charge in [-0.25, -0.2) is 4.98 Å².